The van der Waals surface area contributed by atoms with Crippen LogP contribution in [-0.4, -0.2) is 12.8 Å². The van der Waals surface area contributed by atoms with E-state index in [0.717, 1.165) is 28.3 Å². The van der Waals surface area contributed by atoms with Crippen molar-refractivity contribution >= 4 is 28.8 Å². The number of allylic oxidation sites excluding steroid dienone is 1. The highest BCUT2D eigenvalue weighted by Gasteiger charge is 2.09. The van der Waals surface area contributed by atoms with Crippen LogP contribution >= 0.6 is 11.3 Å². The Morgan fingerprint density at radius 2 is 2.00 bits per heavy atom. The Bertz CT molecular complexity index is 677. The van der Waals surface area contributed by atoms with E-state index in [-0.39, 0.29) is 0 Å². The van der Waals surface area contributed by atoms with Crippen molar-refractivity contribution in [2.75, 3.05) is 7.11 Å². The highest BCUT2D eigenvalue weighted by molar-refractivity contribution is 7.08. The van der Waals surface area contributed by atoms with E-state index in [4.69, 9.17) is 9.73 Å². The Balaban J connectivity index is 2.51. The molecule has 0 aliphatic heterocycles. The molecule has 110 valence electrons. The van der Waals surface area contributed by atoms with Crippen LogP contribution in [0.4, 0.5) is 5.69 Å². The predicted octanol–water partition coefficient (Wildman–Crippen LogP) is 5.63. The van der Waals surface area contributed by atoms with Crippen LogP contribution in [0, 0.1) is 6.92 Å². The molecule has 2 aromatic rings. The number of aliphatic imine (C=N–C) groups is 1. The summed E-state index contributed by atoms with van der Waals surface area (Å²) < 4.78 is 5.48. The summed E-state index contributed by atoms with van der Waals surface area (Å²) >= 11 is 1.66. The molecule has 0 radical (unpaired) electrons. The van der Waals surface area contributed by atoms with Gasteiger partial charge in [0.25, 0.3) is 0 Å². The number of nitrogens with zero attached hydrogens (tertiary/aromatic N) is 1. The predicted molar refractivity (Wildman–Crippen MR) is 93.2 cm³/mol. The van der Waals surface area contributed by atoms with Crippen LogP contribution in [0.25, 0.3) is 6.08 Å². The molecular formula is C18H21NOS. The van der Waals surface area contributed by atoms with Crippen molar-refractivity contribution in [1.82, 2.24) is 0 Å². The summed E-state index contributed by atoms with van der Waals surface area (Å²) in [7, 11) is 1.71. The van der Waals surface area contributed by atoms with Crippen molar-refractivity contribution in [2.24, 2.45) is 4.99 Å². The molecule has 0 aliphatic rings. The zero-order valence-electron chi connectivity index (χ0n) is 13.2. The zero-order valence-corrected chi connectivity index (χ0v) is 14.0. The largest absolute Gasteiger partial charge is 0.496 e. The van der Waals surface area contributed by atoms with Gasteiger partial charge in [-0.1, -0.05) is 11.6 Å². The fraction of sp³-hybridized carbons (Fsp3) is 0.278. The van der Waals surface area contributed by atoms with Crippen molar-refractivity contribution in [3.8, 4) is 5.75 Å². The number of aryl methyl sites for hydroxylation is 1. The van der Waals surface area contributed by atoms with E-state index >= 15 is 0 Å². The first-order chi connectivity index (χ1) is 10.0. The number of ether oxygens (including phenoxy) is 1. The molecule has 1 aromatic carbocycles. The molecule has 0 saturated heterocycles. The Morgan fingerprint density at radius 1 is 1.24 bits per heavy atom. The summed E-state index contributed by atoms with van der Waals surface area (Å²) in [5.74, 6) is 0.904. The average Bonchev–Trinajstić information content (AvgIpc) is 2.92. The summed E-state index contributed by atoms with van der Waals surface area (Å²) in [6.07, 6.45) is 2.14. The number of hydrogen-bond donors (Lipinski definition) is 0. The second-order valence-corrected chi connectivity index (χ2v) is 6.09. The molecule has 2 rings (SSSR count). The van der Waals surface area contributed by atoms with Gasteiger partial charge in [-0.15, -0.1) is 0 Å². The van der Waals surface area contributed by atoms with Gasteiger partial charge in [0.05, 0.1) is 12.8 Å². The summed E-state index contributed by atoms with van der Waals surface area (Å²) in [6, 6.07) is 6.27. The minimum atomic E-state index is 0.904. The Hall–Kier alpha value is -1.87. The normalized spacial score (nSPS) is 11.4. The first-order valence-corrected chi connectivity index (χ1v) is 7.87. The number of benzene rings is 1. The minimum Gasteiger partial charge on any atom is -0.496 e. The summed E-state index contributed by atoms with van der Waals surface area (Å²) in [4.78, 5) is 4.69. The molecular weight excluding hydrogens is 278 g/mol. The van der Waals surface area contributed by atoms with Gasteiger partial charge in [0, 0.05) is 16.7 Å². The van der Waals surface area contributed by atoms with Crippen molar-refractivity contribution in [2.45, 2.75) is 27.7 Å². The van der Waals surface area contributed by atoms with Gasteiger partial charge in [0.1, 0.15) is 5.75 Å². The molecule has 21 heavy (non-hydrogen) atoms. The summed E-state index contributed by atoms with van der Waals surface area (Å²) in [6.45, 7) is 8.33. The van der Waals surface area contributed by atoms with Gasteiger partial charge in [0.2, 0.25) is 0 Å². The van der Waals surface area contributed by atoms with Gasteiger partial charge in [-0.05, 0) is 62.4 Å². The van der Waals surface area contributed by atoms with E-state index in [9.17, 15) is 0 Å². The molecule has 0 bridgehead atoms. The van der Waals surface area contributed by atoms with Crippen LogP contribution in [0.15, 0.2) is 39.5 Å². The second kappa shape index (κ2) is 6.72. The standard InChI is InChI=1S/C18H21NOS/c1-12(2)8-15-10-17(13(3)9-18(15)20-5)14(4)19-16-6-7-21-11-16/h6-11H,1-5H3. The molecule has 0 unspecified atom stereocenters. The first kappa shape index (κ1) is 15.5. The first-order valence-electron chi connectivity index (χ1n) is 6.92. The molecule has 0 atom stereocenters. The van der Waals surface area contributed by atoms with Crippen LogP contribution in [0.3, 0.4) is 0 Å². The van der Waals surface area contributed by atoms with Gasteiger partial charge in [-0.25, -0.2) is 0 Å². The monoisotopic (exact) mass is 299 g/mol. The fourth-order valence-electron chi connectivity index (χ4n) is 2.26. The quantitative estimate of drug-likeness (QED) is 0.670. The van der Waals surface area contributed by atoms with Gasteiger partial charge >= 0.3 is 0 Å². The highest BCUT2D eigenvalue weighted by Crippen LogP contribution is 2.27. The molecule has 1 aromatic heterocycles. The fourth-order valence-corrected chi connectivity index (χ4v) is 2.83. The van der Waals surface area contributed by atoms with E-state index in [2.05, 4.69) is 51.3 Å². The Kier molecular flexibility index (Phi) is 4.97. The third-order valence-corrected chi connectivity index (χ3v) is 3.88. The van der Waals surface area contributed by atoms with Crippen molar-refractivity contribution in [1.29, 1.82) is 0 Å². The maximum absolute atomic E-state index is 5.48. The maximum Gasteiger partial charge on any atom is 0.126 e. The van der Waals surface area contributed by atoms with Crippen molar-refractivity contribution in [3.63, 3.8) is 0 Å². The smallest absolute Gasteiger partial charge is 0.126 e. The lowest BCUT2D eigenvalue weighted by Gasteiger charge is -2.12. The maximum atomic E-state index is 5.48. The van der Waals surface area contributed by atoms with Gasteiger partial charge in [-0.2, -0.15) is 11.3 Å². The molecule has 0 spiro atoms. The number of thiophene rings is 1. The number of hydrogen-bond acceptors (Lipinski definition) is 3. The third-order valence-electron chi connectivity index (χ3n) is 3.21. The molecule has 2 nitrogen and oxygen atoms in total. The Morgan fingerprint density at radius 3 is 2.57 bits per heavy atom. The van der Waals surface area contributed by atoms with Crippen molar-refractivity contribution < 1.29 is 4.74 Å². The van der Waals surface area contributed by atoms with Gasteiger partial charge in [-0.3, -0.25) is 4.99 Å². The summed E-state index contributed by atoms with van der Waals surface area (Å²) in [5.41, 5.74) is 6.71. The average molecular weight is 299 g/mol. The summed E-state index contributed by atoms with van der Waals surface area (Å²) in [5, 5.41) is 4.10. The molecule has 3 heteroatoms. The lowest BCUT2D eigenvalue weighted by Crippen LogP contribution is -2.00. The number of rotatable bonds is 4. The Labute approximate surface area is 130 Å². The minimum absolute atomic E-state index is 0.904. The lowest BCUT2D eigenvalue weighted by molar-refractivity contribution is 0.413. The van der Waals surface area contributed by atoms with E-state index in [0.29, 0.717) is 0 Å². The molecule has 0 fully saturated rings. The van der Waals surface area contributed by atoms with E-state index < -0.39 is 0 Å². The van der Waals surface area contributed by atoms with E-state index in [1.54, 1.807) is 18.4 Å². The molecule has 0 N–H and O–H groups in total. The molecule has 0 saturated carbocycles. The topological polar surface area (TPSA) is 21.6 Å². The highest BCUT2D eigenvalue weighted by atomic mass is 32.1. The van der Waals surface area contributed by atoms with Crippen LogP contribution in [0.1, 0.15) is 37.5 Å². The van der Waals surface area contributed by atoms with Crippen LogP contribution in [-0.2, 0) is 0 Å². The molecule has 1 heterocycles. The number of methoxy groups -OCH3 is 1. The zero-order chi connectivity index (χ0) is 15.4. The van der Waals surface area contributed by atoms with E-state index in [1.807, 2.05) is 11.4 Å². The van der Waals surface area contributed by atoms with Gasteiger partial charge < -0.3 is 4.74 Å². The molecule has 0 amide bonds. The van der Waals surface area contributed by atoms with Crippen LogP contribution < -0.4 is 4.74 Å². The molecule has 0 aliphatic carbocycles. The third kappa shape index (κ3) is 3.82. The SMILES string of the molecule is COc1cc(C)c(C(C)=Nc2ccsc2)cc1C=C(C)C. The lowest BCUT2D eigenvalue weighted by atomic mass is 9.99. The van der Waals surface area contributed by atoms with Crippen LogP contribution in [0.2, 0.25) is 0 Å². The van der Waals surface area contributed by atoms with Crippen molar-refractivity contribution in [3.05, 3.63) is 51.2 Å². The van der Waals surface area contributed by atoms with Gasteiger partial charge in [0.15, 0.2) is 0 Å². The van der Waals surface area contributed by atoms with E-state index in [1.165, 1.54) is 11.1 Å². The van der Waals surface area contributed by atoms with Crippen LogP contribution in [0.5, 0.6) is 5.75 Å². The second-order valence-electron chi connectivity index (χ2n) is 5.31.